The Morgan fingerprint density at radius 3 is 0.663 bits per heavy atom. The van der Waals surface area contributed by atoms with E-state index >= 15 is 0 Å². The molecule has 89 heavy (non-hydrogen) atoms. The smallest absolute Gasteiger partial charge is 0.744 e. The maximum absolute atomic E-state index is 12.4. The second-order valence-corrected chi connectivity index (χ2v) is 23.5. The van der Waals surface area contributed by atoms with E-state index in [9.17, 15) is 25.9 Å². The SMILES string of the molecule is O=S(=O)([O-])c1cccc2c3nc4nc(nc5[nH]c(nc6nc(nc([nH]3)c12)-c1ccccc1-6)c1ccccc51)-c1ccccc1-4.O=S(=O)([O-])c1cccc2c3nc4nc(nc5[nH]c(nc6nc(nc([nH]3)c12)-c1ccccc1-6)c1ccccc51)-c1ccccc1-4.[V+2]. The summed E-state index contributed by atoms with van der Waals surface area (Å²) < 4.78 is 74.5. The van der Waals surface area contributed by atoms with Crippen LogP contribution in [0.1, 0.15) is 0 Å². The molecule has 0 amide bonds. The molecule has 0 saturated heterocycles. The van der Waals surface area contributed by atoms with Gasteiger partial charge in [-0.25, -0.2) is 76.6 Å². The first-order chi connectivity index (χ1) is 42.8. The molecule has 0 fully saturated rings. The van der Waals surface area contributed by atoms with E-state index in [4.69, 9.17) is 59.8 Å². The number of hydrogen-bond acceptors (Lipinski definition) is 18. The van der Waals surface area contributed by atoms with E-state index in [1.165, 1.54) is 24.3 Å². The van der Waals surface area contributed by atoms with Crippen molar-refractivity contribution < 1.29 is 44.5 Å². The zero-order chi connectivity index (χ0) is 59.2. The molecule has 0 unspecified atom stereocenters. The fraction of sp³-hybridized carbons (Fsp3) is 0. The minimum Gasteiger partial charge on any atom is -0.744 e. The minimum absolute atomic E-state index is 0. The van der Waals surface area contributed by atoms with Gasteiger partial charge in [0.05, 0.1) is 9.79 Å². The summed E-state index contributed by atoms with van der Waals surface area (Å²) in [6.07, 6.45) is 0. The van der Waals surface area contributed by atoms with Gasteiger partial charge in [0.25, 0.3) is 0 Å². The first-order valence-corrected chi connectivity index (χ1v) is 30.0. The van der Waals surface area contributed by atoms with Gasteiger partial charge < -0.3 is 29.0 Å². The third kappa shape index (κ3) is 8.68. The van der Waals surface area contributed by atoms with Crippen molar-refractivity contribution in [1.29, 1.82) is 0 Å². The Labute approximate surface area is 512 Å². The van der Waals surface area contributed by atoms with E-state index < -0.39 is 30.0 Å². The van der Waals surface area contributed by atoms with Crippen molar-refractivity contribution in [3.63, 3.8) is 0 Å². The van der Waals surface area contributed by atoms with Crippen molar-refractivity contribution in [2.75, 3.05) is 0 Å². The second-order valence-electron chi connectivity index (χ2n) is 20.8. The molecule has 4 N–H and O–H groups in total. The first kappa shape index (κ1) is 53.4. The summed E-state index contributed by atoms with van der Waals surface area (Å²) in [5, 5.41) is 4.49. The van der Waals surface area contributed by atoms with Crippen LogP contribution in [-0.2, 0) is 38.8 Å². The van der Waals surface area contributed by atoms with Crippen molar-refractivity contribution in [3.05, 3.63) is 182 Å². The van der Waals surface area contributed by atoms with Crippen LogP contribution in [0.3, 0.4) is 0 Å². The fourth-order valence-electron chi connectivity index (χ4n) is 11.7. The zero-order valence-corrected chi connectivity index (χ0v) is 48.4. The zero-order valence-electron chi connectivity index (χ0n) is 45.4. The Morgan fingerprint density at radius 1 is 0.236 bits per heavy atom. The number of nitrogens with zero attached hydrogens (tertiary/aromatic N) is 12. The van der Waals surface area contributed by atoms with Crippen molar-refractivity contribution in [3.8, 4) is 91.1 Å². The van der Waals surface area contributed by atoms with Crippen molar-refractivity contribution in [2.24, 2.45) is 0 Å². The van der Waals surface area contributed by atoms with Crippen LogP contribution in [0, 0.1) is 0 Å². The largest absolute Gasteiger partial charge is 2.00 e. The molecule has 8 aromatic carbocycles. The van der Waals surface area contributed by atoms with Crippen LogP contribution in [0.2, 0.25) is 0 Å². The predicted octanol–water partition coefficient (Wildman–Crippen LogP) is 11.5. The molecule has 16 bridgehead atoms. The van der Waals surface area contributed by atoms with Crippen LogP contribution >= 0.6 is 0 Å². The van der Waals surface area contributed by atoms with Gasteiger partial charge in [0.15, 0.2) is 46.6 Å². The standard InChI is InChI=1S/2C32H18N8O3S.V/c2*41-44(42,43)23-15-7-14-22-24(23)32-39-30-21-13-6-5-12-20(21)28(37-30)35-26-17-9-2-1-8-16(17)25(33-26)34-27-18-10-3-4-11-19(18)29(36-27)38-31(22)40-32;/h2*1-15H,(H,41,42,43)(H2,33,34,35,36,37,38,39,40);/q;;+2/p-2. The molecule has 18 rings (SSSR count). The Kier molecular flexibility index (Phi) is 12.0. The number of fused-ring (bicyclic) bond motifs is 40. The number of benzene rings is 8. The van der Waals surface area contributed by atoms with Gasteiger partial charge in [0.1, 0.15) is 65.4 Å². The molecule has 25 heteroatoms. The number of hydrogen-bond donors (Lipinski definition) is 4. The van der Waals surface area contributed by atoms with E-state index in [0.717, 1.165) is 54.9 Å². The average Bonchev–Trinajstić information content (AvgIpc) is 1.68. The molecule has 0 aliphatic carbocycles. The van der Waals surface area contributed by atoms with Gasteiger partial charge in [-0.05, 0) is 12.1 Å². The summed E-state index contributed by atoms with van der Waals surface area (Å²) in [7, 11) is -9.73. The molecule has 4 aliphatic rings. The van der Waals surface area contributed by atoms with Crippen LogP contribution in [0.4, 0.5) is 0 Å². The van der Waals surface area contributed by atoms with Crippen LogP contribution in [0.15, 0.2) is 192 Å². The van der Waals surface area contributed by atoms with Gasteiger partial charge in [-0.15, -0.1) is 0 Å². The van der Waals surface area contributed by atoms with Crippen LogP contribution in [0.25, 0.3) is 179 Å². The third-order valence-corrected chi connectivity index (χ3v) is 17.4. The quantitative estimate of drug-likeness (QED) is 0.117. The average molecular weight is 1240 g/mol. The summed E-state index contributed by atoms with van der Waals surface area (Å²) in [6.45, 7) is 0. The number of H-pyrrole nitrogens is 4. The molecular formula is C64H34N16O6S2V. The maximum Gasteiger partial charge on any atom is 2.00 e. The molecule has 4 aliphatic heterocycles. The Morgan fingerprint density at radius 2 is 0.427 bits per heavy atom. The fourth-order valence-corrected chi connectivity index (χ4v) is 13.1. The van der Waals surface area contributed by atoms with Gasteiger partial charge in [-0.3, -0.25) is 0 Å². The van der Waals surface area contributed by atoms with Gasteiger partial charge >= 0.3 is 18.6 Å². The van der Waals surface area contributed by atoms with Crippen molar-refractivity contribution in [1.82, 2.24) is 79.7 Å². The van der Waals surface area contributed by atoms with Gasteiger partial charge in [0.2, 0.25) is 0 Å². The molecule has 0 spiro atoms. The van der Waals surface area contributed by atoms with Crippen molar-refractivity contribution >= 4 is 109 Å². The first-order valence-electron chi connectivity index (χ1n) is 27.2. The normalized spacial score (nSPS) is 12.2. The summed E-state index contributed by atoms with van der Waals surface area (Å²) in [5.74, 6) is 3.09. The molecule has 0 atom stereocenters. The molecule has 0 saturated carbocycles. The third-order valence-electron chi connectivity index (χ3n) is 15.6. The van der Waals surface area contributed by atoms with Crippen LogP contribution in [0.5, 0.6) is 0 Å². The van der Waals surface area contributed by atoms with Gasteiger partial charge in [0, 0.05) is 87.6 Å². The van der Waals surface area contributed by atoms with E-state index in [1.807, 2.05) is 146 Å². The summed E-state index contributed by atoms with van der Waals surface area (Å²) in [6, 6.07) is 54.7. The molecule has 14 aromatic rings. The summed E-state index contributed by atoms with van der Waals surface area (Å²) in [5.41, 5.74) is 9.09. The summed E-state index contributed by atoms with van der Waals surface area (Å²) in [4.78, 5) is 70.4. The van der Waals surface area contributed by atoms with E-state index in [0.29, 0.717) is 102 Å². The Bertz CT molecular complexity index is 5690. The maximum atomic E-state index is 12.4. The van der Waals surface area contributed by atoms with Crippen molar-refractivity contribution in [2.45, 2.75) is 9.79 Å². The van der Waals surface area contributed by atoms with Crippen LogP contribution < -0.4 is 0 Å². The Hall–Kier alpha value is -11.1. The number of nitrogens with one attached hydrogen (secondary N) is 4. The Balaban J connectivity index is 0.000000141. The molecular weight excluding hydrogens is 1200 g/mol. The summed E-state index contributed by atoms with van der Waals surface area (Å²) >= 11 is 0. The second kappa shape index (κ2) is 20.0. The molecule has 6 aromatic heterocycles. The topological polar surface area (TPSA) is 332 Å². The monoisotopic (exact) mass is 1240 g/mol. The minimum atomic E-state index is -4.87. The molecule has 10 heterocycles. The van der Waals surface area contributed by atoms with Gasteiger partial charge in [-0.2, -0.15) is 0 Å². The number of rotatable bonds is 2. The van der Waals surface area contributed by atoms with E-state index in [2.05, 4.69) is 19.9 Å². The predicted molar refractivity (Wildman–Crippen MR) is 328 cm³/mol. The van der Waals surface area contributed by atoms with E-state index in [-0.39, 0.29) is 40.6 Å². The number of aromatic nitrogens is 16. The molecule has 22 nitrogen and oxygen atoms in total. The van der Waals surface area contributed by atoms with Gasteiger partial charge in [-0.1, -0.05) is 170 Å². The molecule has 1 radical (unpaired) electrons. The number of aromatic amines is 4. The molecule has 423 valence electrons. The van der Waals surface area contributed by atoms with E-state index in [1.54, 1.807) is 12.1 Å². The van der Waals surface area contributed by atoms with Crippen LogP contribution in [-0.4, -0.2) is 106 Å².